The van der Waals surface area contributed by atoms with E-state index in [-0.39, 0.29) is 12.3 Å². The van der Waals surface area contributed by atoms with Gasteiger partial charge in [-0.15, -0.1) is 0 Å². The molecule has 1 aliphatic heterocycles. The van der Waals surface area contributed by atoms with Gasteiger partial charge in [0.2, 0.25) is 5.91 Å². The maximum atomic E-state index is 11.6. The fourth-order valence-electron chi connectivity index (χ4n) is 2.24. The van der Waals surface area contributed by atoms with Crippen molar-refractivity contribution in [3.8, 4) is 0 Å². The van der Waals surface area contributed by atoms with Gasteiger partial charge in [-0.1, -0.05) is 23.7 Å². The molecule has 2 atom stereocenters. The van der Waals surface area contributed by atoms with E-state index in [1.54, 1.807) is 31.3 Å². The summed E-state index contributed by atoms with van der Waals surface area (Å²) < 4.78 is 0. The lowest BCUT2D eigenvalue weighted by atomic mass is 9.94. The van der Waals surface area contributed by atoms with Gasteiger partial charge in [-0.2, -0.15) is 0 Å². The van der Waals surface area contributed by atoms with Gasteiger partial charge in [0.15, 0.2) is 0 Å². The van der Waals surface area contributed by atoms with Crippen LogP contribution in [0.5, 0.6) is 0 Å². The Labute approximate surface area is 104 Å². The molecule has 0 saturated carbocycles. The number of amides is 1. The zero-order chi connectivity index (χ0) is 12.6. The monoisotopic (exact) mass is 253 g/mol. The predicted octanol–water partition coefficient (Wildman–Crippen LogP) is 1.94. The van der Waals surface area contributed by atoms with Crippen molar-refractivity contribution in [2.75, 3.05) is 7.05 Å². The normalized spacial score (nSPS) is 24.1. The van der Waals surface area contributed by atoms with Gasteiger partial charge >= 0.3 is 5.97 Å². The second-order valence-electron chi connectivity index (χ2n) is 4.15. The molecule has 1 aromatic rings. The van der Waals surface area contributed by atoms with Gasteiger partial charge in [-0.3, -0.25) is 9.59 Å². The van der Waals surface area contributed by atoms with E-state index in [9.17, 15) is 9.59 Å². The lowest BCUT2D eigenvalue weighted by Gasteiger charge is -2.23. The van der Waals surface area contributed by atoms with Crippen molar-refractivity contribution < 1.29 is 14.7 Å². The van der Waals surface area contributed by atoms with Crippen molar-refractivity contribution in [2.45, 2.75) is 12.5 Å². The molecule has 0 spiro atoms. The molecule has 1 fully saturated rings. The number of nitrogens with zero attached hydrogens (tertiary/aromatic N) is 1. The molecule has 0 aromatic heterocycles. The summed E-state index contributed by atoms with van der Waals surface area (Å²) in [7, 11) is 1.62. The predicted molar refractivity (Wildman–Crippen MR) is 62.7 cm³/mol. The molecule has 1 N–H and O–H groups in total. The van der Waals surface area contributed by atoms with Crippen LogP contribution >= 0.6 is 11.6 Å². The topological polar surface area (TPSA) is 57.6 Å². The van der Waals surface area contributed by atoms with E-state index >= 15 is 0 Å². The van der Waals surface area contributed by atoms with E-state index in [0.717, 1.165) is 5.56 Å². The molecule has 17 heavy (non-hydrogen) atoms. The molecule has 1 heterocycles. The van der Waals surface area contributed by atoms with E-state index in [0.29, 0.717) is 5.02 Å². The lowest BCUT2D eigenvalue weighted by Crippen LogP contribution is -2.26. The maximum absolute atomic E-state index is 11.6. The quantitative estimate of drug-likeness (QED) is 0.876. The van der Waals surface area contributed by atoms with Crippen LogP contribution in [0, 0.1) is 5.92 Å². The van der Waals surface area contributed by atoms with Crippen molar-refractivity contribution in [1.29, 1.82) is 0 Å². The SMILES string of the molecule is CN1C(=O)C[C@@H](C(=O)O)[C@H]1c1cccc(Cl)c1. The summed E-state index contributed by atoms with van der Waals surface area (Å²) in [5.41, 5.74) is 0.762. The molecular weight excluding hydrogens is 242 g/mol. The molecule has 0 aliphatic carbocycles. The minimum Gasteiger partial charge on any atom is -0.481 e. The molecular formula is C12H12ClNO3. The van der Waals surface area contributed by atoms with Gasteiger partial charge in [0, 0.05) is 18.5 Å². The molecule has 2 rings (SSSR count). The third kappa shape index (κ3) is 2.13. The molecule has 90 valence electrons. The van der Waals surface area contributed by atoms with E-state index < -0.39 is 17.9 Å². The average Bonchev–Trinajstić information content (AvgIpc) is 2.56. The van der Waals surface area contributed by atoms with E-state index in [1.807, 2.05) is 0 Å². The molecule has 1 aliphatic rings. The average molecular weight is 254 g/mol. The first-order valence-electron chi connectivity index (χ1n) is 5.24. The Kier molecular flexibility index (Phi) is 3.07. The Bertz CT molecular complexity index is 475. The fraction of sp³-hybridized carbons (Fsp3) is 0.333. The van der Waals surface area contributed by atoms with Crippen molar-refractivity contribution in [1.82, 2.24) is 4.90 Å². The molecule has 1 aromatic carbocycles. The number of likely N-dealkylation sites (tertiary alicyclic amines) is 1. The van der Waals surface area contributed by atoms with Crippen LogP contribution in [0.3, 0.4) is 0 Å². The molecule has 0 radical (unpaired) electrons. The number of hydrogen-bond acceptors (Lipinski definition) is 2. The van der Waals surface area contributed by atoms with Crippen LogP contribution in [0.1, 0.15) is 18.0 Å². The molecule has 4 nitrogen and oxygen atoms in total. The summed E-state index contributed by atoms with van der Waals surface area (Å²) in [6.07, 6.45) is 0.0447. The zero-order valence-corrected chi connectivity index (χ0v) is 10.0. The highest BCUT2D eigenvalue weighted by Crippen LogP contribution is 2.37. The number of carbonyl (C=O) groups is 2. The van der Waals surface area contributed by atoms with Crippen LogP contribution in [0.25, 0.3) is 0 Å². The molecule has 0 bridgehead atoms. The van der Waals surface area contributed by atoms with Crippen LogP contribution in [0.15, 0.2) is 24.3 Å². The minimum absolute atomic E-state index is 0.0447. The Morgan fingerprint density at radius 2 is 2.24 bits per heavy atom. The second-order valence-corrected chi connectivity index (χ2v) is 4.59. The minimum atomic E-state index is -0.951. The maximum Gasteiger partial charge on any atom is 0.309 e. The van der Waals surface area contributed by atoms with Gasteiger partial charge < -0.3 is 10.0 Å². The number of carbonyl (C=O) groups excluding carboxylic acids is 1. The van der Waals surface area contributed by atoms with Crippen LogP contribution < -0.4 is 0 Å². The number of rotatable bonds is 2. The van der Waals surface area contributed by atoms with Crippen LogP contribution in [0.2, 0.25) is 5.02 Å². The highest BCUT2D eigenvalue weighted by Gasteiger charge is 2.42. The summed E-state index contributed by atoms with van der Waals surface area (Å²) in [6.45, 7) is 0. The number of benzene rings is 1. The smallest absolute Gasteiger partial charge is 0.309 e. The fourth-order valence-corrected chi connectivity index (χ4v) is 2.44. The van der Waals surface area contributed by atoms with E-state index in [1.165, 1.54) is 4.90 Å². The number of carboxylic acid groups (broad SMARTS) is 1. The van der Waals surface area contributed by atoms with Gasteiger partial charge in [0.1, 0.15) is 0 Å². The van der Waals surface area contributed by atoms with Crippen molar-refractivity contribution in [3.63, 3.8) is 0 Å². The third-order valence-corrected chi connectivity index (χ3v) is 3.33. The van der Waals surface area contributed by atoms with Crippen LogP contribution in [-0.4, -0.2) is 28.9 Å². The third-order valence-electron chi connectivity index (χ3n) is 3.09. The van der Waals surface area contributed by atoms with Crippen LogP contribution in [0.4, 0.5) is 0 Å². The summed E-state index contributed by atoms with van der Waals surface area (Å²) in [5, 5.41) is 9.68. The molecule has 0 unspecified atom stereocenters. The molecule has 5 heteroatoms. The van der Waals surface area contributed by atoms with Crippen molar-refractivity contribution >= 4 is 23.5 Å². The largest absolute Gasteiger partial charge is 0.481 e. The first-order valence-corrected chi connectivity index (χ1v) is 5.62. The number of carboxylic acids is 1. The second kappa shape index (κ2) is 4.37. The van der Waals surface area contributed by atoms with Gasteiger partial charge in [0.05, 0.1) is 12.0 Å². The standard InChI is InChI=1S/C12H12ClNO3/c1-14-10(15)6-9(12(16)17)11(14)7-3-2-4-8(13)5-7/h2-5,9,11H,6H2,1H3,(H,16,17)/t9-,11-/m1/s1. The van der Waals surface area contributed by atoms with Crippen molar-refractivity contribution in [2.24, 2.45) is 5.92 Å². The van der Waals surface area contributed by atoms with Crippen LogP contribution in [-0.2, 0) is 9.59 Å². The Balaban J connectivity index is 2.40. The summed E-state index contributed by atoms with van der Waals surface area (Å²) >= 11 is 5.88. The Hall–Kier alpha value is -1.55. The summed E-state index contributed by atoms with van der Waals surface area (Å²) in [5.74, 6) is -1.80. The number of halogens is 1. The summed E-state index contributed by atoms with van der Waals surface area (Å²) in [6, 6.07) is 6.54. The van der Waals surface area contributed by atoms with E-state index in [2.05, 4.69) is 0 Å². The highest BCUT2D eigenvalue weighted by atomic mass is 35.5. The first-order chi connectivity index (χ1) is 8.00. The molecule has 1 amide bonds. The highest BCUT2D eigenvalue weighted by molar-refractivity contribution is 6.30. The lowest BCUT2D eigenvalue weighted by molar-refractivity contribution is -0.142. The molecule has 1 saturated heterocycles. The Morgan fingerprint density at radius 1 is 1.53 bits per heavy atom. The van der Waals surface area contributed by atoms with E-state index in [4.69, 9.17) is 16.7 Å². The number of hydrogen-bond donors (Lipinski definition) is 1. The van der Waals surface area contributed by atoms with Crippen molar-refractivity contribution in [3.05, 3.63) is 34.9 Å². The Morgan fingerprint density at radius 3 is 2.82 bits per heavy atom. The van der Waals surface area contributed by atoms with Gasteiger partial charge in [-0.25, -0.2) is 0 Å². The first kappa shape index (κ1) is 11.9. The zero-order valence-electron chi connectivity index (χ0n) is 9.26. The number of aliphatic carboxylic acids is 1. The van der Waals surface area contributed by atoms with Gasteiger partial charge in [0.25, 0.3) is 0 Å². The van der Waals surface area contributed by atoms with Gasteiger partial charge in [-0.05, 0) is 17.7 Å². The summed E-state index contributed by atoms with van der Waals surface area (Å²) in [4.78, 5) is 24.2.